The van der Waals surface area contributed by atoms with Crippen molar-refractivity contribution in [2.24, 2.45) is 39.4 Å². The summed E-state index contributed by atoms with van der Waals surface area (Å²) in [4.78, 5) is 51.7. The molecule has 0 aromatic rings. The normalized spacial score (nSPS) is 44.4. The lowest BCUT2D eigenvalue weighted by molar-refractivity contribution is -0.158. The van der Waals surface area contributed by atoms with Crippen molar-refractivity contribution in [3.8, 4) is 0 Å². The fraction of sp³-hybridized carbons (Fsp3) is 0.778. The third-order valence-electron chi connectivity index (χ3n) is 10.8. The number of carbonyl (C=O) groups is 4. The van der Waals surface area contributed by atoms with Gasteiger partial charge in [-0.3, -0.25) is 19.2 Å². The van der Waals surface area contributed by atoms with Gasteiger partial charge in [0, 0.05) is 41.1 Å². The standard InChI is InChI=1S/C27H38O7/c1-13(7-8-19(31)32)14-11-18(30)27(6)20-15(28)12-16-24(2,3)17(29)9-10-25(16,4)21(20)22(33)23(34)26(14,27)5/h13-16,23,28,34H,7-12H2,1-6H3,(H,31,32)/t13-,14-,15+,16+,23-,25+,26+,27+/m0/s1. The Morgan fingerprint density at radius 3 is 2.26 bits per heavy atom. The molecule has 0 spiro atoms. The molecule has 4 aliphatic carbocycles. The smallest absolute Gasteiger partial charge is 0.303 e. The lowest BCUT2D eigenvalue weighted by Gasteiger charge is -2.61. The van der Waals surface area contributed by atoms with E-state index in [0.29, 0.717) is 30.4 Å². The molecule has 7 nitrogen and oxygen atoms in total. The Morgan fingerprint density at radius 2 is 1.68 bits per heavy atom. The second-order valence-corrected chi connectivity index (χ2v) is 12.5. The van der Waals surface area contributed by atoms with Gasteiger partial charge in [0.15, 0.2) is 5.78 Å². The molecule has 0 amide bonds. The number of carbonyl (C=O) groups excluding carboxylic acids is 3. The van der Waals surface area contributed by atoms with E-state index in [1.165, 1.54) is 0 Å². The number of hydrogen-bond acceptors (Lipinski definition) is 6. The van der Waals surface area contributed by atoms with Crippen molar-refractivity contribution in [2.45, 2.75) is 92.3 Å². The van der Waals surface area contributed by atoms with E-state index >= 15 is 0 Å². The second-order valence-electron chi connectivity index (χ2n) is 12.5. The fourth-order valence-electron chi connectivity index (χ4n) is 8.48. The molecule has 2 saturated carbocycles. The lowest BCUT2D eigenvalue weighted by atomic mass is 9.42. The van der Waals surface area contributed by atoms with Crippen LogP contribution in [0.5, 0.6) is 0 Å². The SMILES string of the molecule is C[C@@H](CCC(=O)O)[C@@H]1CC(=O)[C@]2(C)C3=C(C(=O)[C@H](O)[C@@]12C)[C@]1(C)CCC(=O)C(C)(C)[C@H]1C[C@H]3O. The number of ketones is 3. The highest BCUT2D eigenvalue weighted by Gasteiger charge is 2.73. The summed E-state index contributed by atoms with van der Waals surface area (Å²) in [5.74, 6) is -2.25. The minimum absolute atomic E-state index is 0.0534. The quantitative estimate of drug-likeness (QED) is 0.571. The number of carboxylic acids is 1. The van der Waals surface area contributed by atoms with E-state index in [2.05, 4.69) is 0 Å². The van der Waals surface area contributed by atoms with E-state index in [9.17, 15) is 29.4 Å². The van der Waals surface area contributed by atoms with Crippen molar-refractivity contribution in [1.29, 1.82) is 0 Å². The summed E-state index contributed by atoms with van der Waals surface area (Å²) < 4.78 is 0. The molecule has 8 atom stereocenters. The molecule has 2 fully saturated rings. The van der Waals surface area contributed by atoms with Gasteiger partial charge in [-0.1, -0.05) is 34.6 Å². The van der Waals surface area contributed by atoms with Gasteiger partial charge in [-0.15, -0.1) is 0 Å². The van der Waals surface area contributed by atoms with E-state index in [-0.39, 0.29) is 48.6 Å². The highest BCUT2D eigenvalue weighted by Crippen LogP contribution is 2.70. The minimum atomic E-state index is -1.44. The minimum Gasteiger partial charge on any atom is -0.481 e. The molecule has 0 bridgehead atoms. The first-order valence-electron chi connectivity index (χ1n) is 12.5. The Morgan fingerprint density at radius 1 is 1.06 bits per heavy atom. The molecule has 7 heteroatoms. The van der Waals surface area contributed by atoms with E-state index in [4.69, 9.17) is 5.11 Å². The molecule has 0 unspecified atom stereocenters. The molecule has 4 rings (SSSR count). The number of aliphatic hydroxyl groups is 2. The maximum absolute atomic E-state index is 14.0. The Kier molecular flexibility index (Phi) is 5.62. The van der Waals surface area contributed by atoms with Crippen LogP contribution in [0.15, 0.2) is 11.1 Å². The zero-order valence-electron chi connectivity index (χ0n) is 21.1. The van der Waals surface area contributed by atoms with Gasteiger partial charge in [-0.05, 0) is 49.5 Å². The third kappa shape index (κ3) is 2.89. The van der Waals surface area contributed by atoms with Gasteiger partial charge in [-0.2, -0.15) is 0 Å². The first kappa shape index (κ1) is 25.2. The highest BCUT2D eigenvalue weighted by molar-refractivity contribution is 6.08. The monoisotopic (exact) mass is 474 g/mol. The number of aliphatic carboxylic acids is 1. The number of carboxylic acid groups (broad SMARTS) is 1. The van der Waals surface area contributed by atoms with Gasteiger partial charge in [-0.25, -0.2) is 0 Å². The van der Waals surface area contributed by atoms with Gasteiger partial charge in [0.2, 0.25) is 0 Å². The van der Waals surface area contributed by atoms with Crippen molar-refractivity contribution in [1.82, 2.24) is 0 Å². The summed E-state index contributed by atoms with van der Waals surface area (Å²) in [5.41, 5.74) is -3.04. The Labute approximate surface area is 201 Å². The van der Waals surface area contributed by atoms with Gasteiger partial charge in [0.1, 0.15) is 17.7 Å². The molecule has 0 aromatic heterocycles. The van der Waals surface area contributed by atoms with Gasteiger partial charge >= 0.3 is 5.97 Å². The average Bonchev–Trinajstić information content (AvgIpc) is 2.97. The van der Waals surface area contributed by atoms with Crippen molar-refractivity contribution in [3.05, 3.63) is 11.1 Å². The van der Waals surface area contributed by atoms with Crippen LogP contribution in [0.1, 0.15) is 80.1 Å². The maximum atomic E-state index is 14.0. The topological polar surface area (TPSA) is 129 Å². The molecular weight excluding hydrogens is 436 g/mol. The highest BCUT2D eigenvalue weighted by atomic mass is 16.4. The second kappa shape index (κ2) is 7.57. The molecule has 4 aliphatic rings. The number of aliphatic hydroxyl groups excluding tert-OH is 2. The summed E-state index contributed by atoms with van der Waals surface area (Å²) in [6, 6.07) is 0. The predicted octanol–water partition coefficient (Wildman–Crippen LogP) is 3.11. The van der Waals surface area contributed by atoms with Crippen molar-refractivity contribution in [3.63, 3.8) is 0 Å². The molecule has 0 heterocycles. The molecule has 34 heavy (non-hydrogen) atoms. The van der Waals surface area contributed by atoms with Crippen LogP contribution in [0.3, 0.4) is 0 Å². The van der Waals surface area contributed by atoms with Gasteiger partial charge < -0.3 is 15.3 Å². The summed E-state index contributed by atoms with van der Waals surface area (Å²) in [6.07, 6.45) is -1.04. The van der Waals surface area contributed by atoms with Crippen molar-refractivity contribution in [2.75, 3.05) is 0 Å². The molecule has 0 saturated heterocycles. The molecule has 0 aliphatic heterocycles. The zero-order valence-corrected chi connectivity index (χ0v) is 21.1. The van der Waals surface area contributed by atoms with Crippen LogP contribution in [0.25, 0.3) is 0 Å². The van der Waals surface area contributed by atoms with Crippen LogP contribution < -0.4 is 0 Å². The Bertz CT molecular complexity index is 1010. The van der Waals surface area contributed by atoms with Crippen LogP contribution >= 0.6 is 0 Å². The predicted molar refractivity (Wildman–Crippen MR) is 124 cm³/mol. The number of rotatable bonds is 4. The number of hydrogen-bond donors (Lipinski definition) is 3. The Hall–Kier alpha value is -1.86. The van der Waals surface area contributed by atoms with Crippen LogP contribution in [0.4, 0.5) is 0 Å². The maximum Gasteiger partial charge on any atom is 0.303 e. The first-order chi connectivity index (χ1) is 15.6. The van der Waals surface area contributed by atoms with Crippen LogP contribution in [0, 0.1) is 39.4 Å². The molecule has 188 valence electrons. The van der Waals surface area contributed by atoms with E-state index in [1.807, 2.05) is 27.7 Å². The molecule has 3 N–H and O–H groups in total. The molecule has 0 radical (unpaired) electrons. The van der Waals surface area contributed by atoms with Crippen LogP contribution in [-0.2, 0) is 19.2 Å². The van der Waals surface area contributed by atoms with Crippen LogP contribution in [0.2, 0.25) is 0 Å². The van der Waals surface area contributed by atoms with E-state index < -0.39 is 45.6 Å². The fourth-order valence-corrected chi connectivity index (χ4v) is 8.48. The molecular formula is C27H38O7. The van der Waals surface area contributed by atoms with Crippen molar-refractivity contribution >= 4 is 23.3 Å². The molecule has 0 aromatic carbocycles. The number of fused-ring (bicyclic) bond motifs is 4. The van der Waals surface area contributed by atoms with E-state index in [1.54, 1.807) is 13.8 Å². The zero-order chi connectivity index (χ0) is 25.6. The summed E-state index contributed by atoms with van der Waals surface area (Å²) in [7, 11) is 0. The van der Waals surface area contributed by atoms with Gasteiger partial charge in [0.25, 0.3) is 0 Å². The summed E-state index contributed by atoms with van der Waals surface area (Å²) >= 11 is 0. The third-order valence-corrected chi connectivity index (χ3v) is 10.8. The first-order valence-corrected chi connectivity index (χ1v) is 12.5. The summed E-state index contributed by atoms with van der Waals surface area (Å²) in [6.45, 7) is 11.1. The average molecular weight is 475 g/mol. The van der Waals surface area contributed by atoms with Crippen LogP contribution in [-0.4, -0.2) is 50.8 Å². The van der Waals surface area contributed by atoms with E-state index in [0.717, 1.165) is 0 Å². The summed E-state index contributed by atoms with van der Waals surface area (Å²) in [5, 5.41) is 32.2. The Balaban J connectivity index is 1.91. The van der Waals surface area contributed by atoms with Crippen molar-refractivity contribution < 1.29 is 34.5 Å². The number of Topliss-reactive ketones (excluding diaryl/α,β-unsaturated/α-hetero) is 3. The lowest BCUT2D eigenvalue weighted by Crippen LogP contribution is -2.64. The van der Waals surface area contributed by atoms with Gasteiger partial charge in [0.05, 0.1) is 11.5 Å². The largest absolute Gasteiger partial charge is 0.481 e.